The number of anilines is 2. The van der Waals surface area contributed by atoms with E-state index in [4.69, 9.17) is 17.3 Å². The highest BCUT2D eigenvalue weighted by atomic mass is 35.5. The molecular formula is C13H20ClN3O. The van der Waals surface area contributed by atoms with Crippen molar-refractivity contribution in [3.05, 3.63) is 23.2 Å². The van der Waals surface area contributed by atoms with E-state index in [-0.39, 0.29) is 5.91 Å². The van der Waals surface area contributed by atoms with Gasteiger partial charge in [0.25, 0.3) is 0 Å². The first-order valence-corrected chi connectivity index (χ1v) is 6.43. The van der Waals surface area contributed by atoms with Gasteiger partial charge in [-0.1, -0.05) is 31.5 Å². The van der Waals surface area contributed by atoms with Crippen LogP contribution in [-0.2, 0) is 4.79 Å². The van der Waals surface area contributed by atoms with E-state index in [0.29, 0.717) is 36.1 Å². The monoisotopic (exact) mass is 269 g/mol. The zero-order valence-corrected chi connectivity index (χ0v) is 11.6. The molecule has 0 fully saturated rings. The summed E-state index contributed by atoms with van der Waals surface area (Å²) in [6.45, 7) is 5.36. The molecule has 0 saturated carbocycles. The van der Waals surface area contributed by atoms with Crippen molar-refractivity contribution in [3.63, 3.8) is 0 Å². The number of hydrogen-bond acceptors (Lipinski definition) is 3. The van der Waals surface area contributed by atoms with Crippen LogP contribution in [-0.4, -0.2) is 19.0 Å². The molecule has 0 atom stereocenters. The standard InChI is InChI=1S/C13H20ClN3O/c1-9(2)8-17-12(18)6-7-16-11-5-3-4-10(14)13(11)15/h3-5,9,16H,6-8,15H2,1-2H3,(H,17,18). The fraction of sp³-hybridized carbons (Fsp3) is 0.462. The van der Waals surface area contributed by atoms with Crippen LogP contribution in [0, 0.1) is 5.92 Å². The first kappa shape index (κ1) is 14.6. The molecule has 4 nitrogen and oxygen atoms in total. The second-order valence-corrected chi connectivity index (χ2v) is 4.98. The van der Waals surface area contributed by atoms with Gasteiger partial charge in [-0.15, -0.1) is 0 Å². The highest BCUT2D eigenvalue weighted by molar-refractivity contribution is 6.33. The maximum Gasteiger partial charge on any atom is 0.221 e. The van der Waals surface area contributed by atoms with Gasteiger partial charge in [-0.2, -0.15) is 0 Å². The van der Waals surface area contributed by atoms with E-state index in [1.165, 1.54) is 0 Å². The van der Waals surface area contributed by atoms with Crippen LogP contribution in [0.1, 0.15) is 20.3 Å². The summed E-state index contributed by atoms with van der Waals surface area (Å²) < 4.78 is 0. The van der Waals surface area contributed by atoms with Crippen molar-refractivity contribution in [2.75, 3.05) is 24.1 Å². The summed E-state index contributed by atoms with van der Waals surface area (Å²) in [5, 5.41) is 6.48. The molecule has 1 aromatic carbocycles. The molecule has 5 heteroatoms. The normalized spacial score (nSPS) is 10.4. The Morgan fingerprint density at radius 2 is 2.17 bits per heavy atom. The fourth-order valence-electron chi connectivity index (χ4n) is 1.41. The zero-order chi connectivity index (χ0) is 13.5. The van der Waals surface area contributed by atoms with Gasteiger partial charge in [0.2, 0.25) is 5.91 Å². The summed E-state index contributed by atoms with van der Waals surface area (Å²) >= 11 is 5.90. The second kappa shape index (κ2) is 7.11. The molecule has 0 spiro atoms. The van der Waals surface area contributed by atoms with Crippen LogP contribution in [0.25, 0.3) is 0 Å². The Hall–Kier alpha value is -1.42. The zero-order valence-electron chi connectivity index (χ0n) is 10.8. The molecular weight excluding hydrogens is 250 g/mol. The Balaban J connectivity index is 2.33. The summed E-state index contributed by atoms with van der Waals surface area (Å²) in [7, 11) is 0. The van der Waals surface area contributed by atoms with Crippen LogP contribution < -0.4 is 16.4 Å². The van der Waals surface area contributed by atoms with E-state index in [0.717, 1.165) is 5.69 Å². The Labute approximate surface area is 113 Å². The Morgan fingerprint density at radius 1 is 1.44 bits per heavy atom. The maximum atomic E-state index is 11.5. The smallest absolute Gasteiger partial charge is 0.221 e. The number of hydrogen-bond donors (Lipinski definition) is 3. The van der Waals surface area contributed by atoms with Crippen LogP contribution in [0.4, 0.5) is 11.4 Å². The lowest BCUT2D eigenvalue weighted by atomic mass is 10.2. The van der Waals surface area contributed by atoms with Crippen molar-refractivity contribution >= 4 is 28.9 Å². The number of carbonyl (C=O) groups excluding carboxylic acids is 1. The molecule has 1 rings (SSSR count). The number of para-hydroxylation sites is 1. The van der Waals surface area contributed by atoms with Crippen LogP contribution in [0.2, 0.25) is 5.02 Å². The van der Waals surface area contributed by atoms with E-state index in [2.05, 4.69) is 24.5 Å². The number of nitrogens with two attached hydrogens (primary N) is 1. The third kappa shape index (κ3) is 4.84. The predicted molar refractivity (Wildman–Crippen MR) is 76.8 cm³/mol. The maximum absolute atomic E-state index is 11.5. The van der Waals surface area contributed by atoms with Crippen LogP contribution in [0.5, 0.6) is 0 Å². The van der Waals surface area contributed by atoms with Crippen molar-refractivity contribution < 1.29 is 4.79 Å². The Bertz CT molecular complexity index is 407. The van der Waals surface area contributed by atoms with Crippen molar-refractivity contribution in [1.29, 1.82) is 0 Å². The number of rotatable bonds is 6. The molecule has 0 heterocycles. The molecule has 0 bridgehead atoms. The minimum absolute atomic E-state index is 0.0387. The molecule has 1 amide bonds. The first-order valence-electron chi connectivity index (χ1n) is 6.05. The average molecular weight is 270 g/mol. The molecule has 18 heavy (non-hydrogen) atoms. The molecule has 0 aliphatic rings. The molecule has 0 aromatic heterocycles. The molecule has 0 unspecified atom stereocenters. The summed E-state index contributed by atoms with van der Waals surface area (Å²) in [4.78, 5) is 11.5. The van der Waals surface area contributed by atoms with Gasteiger partial charge in [-0.25, -0.2) is 0 Å². The number of benzene rings is 1. The Morgan fingerprint density at radius 3 is 2.83 bits per heavy atom. The largest absolute Gasteiger partial charge is 0.396 e. The minimum Gasteiger partial charge on any atom is -0.396 e. The number of carbonyl (C=O) groups is 1. The number of halogens is 1. The molecule has 100 valence electrons. The lowest BCUT2D eigenvalue weighted by Gasteiger charge is -2.11. The van der Waals surface area contributed by atoms with Crippen LogP contribution in [0.15, 0.2) is 18.2 Å². The quantitative estimate of drug-likeness (QED) is 0.695. The number of amides is 1. The van der Waals surface area contributed by atoms with E-state index >= 15 is 0 Å². The van der Waals surface area contributed by atoms with Crippen molar-refractivity contribution in [2.45, 2.75) is 20.3 Å². The average Bonchev–Trinajstić information content (AvgIpc) is 2.32. The summed E-state index contributed by atoms with van der Waals surface area (Å²) in [6, 6.07) is 5.39. The van der Waals surface area contributed by atoms with Gasteiger partial charge in [0.15, 0.2) is 0 Å². The highest BCUT2D eigenvalue weighted by Gasteiger charge is 2.04. The molecule has 0 aliphatic carbocycles. The third-order valence-corrected chi connectivity index (χ3v) is 2.76. The molecule has 4 N–H and O–H groups in total. The summed E-state index contributed by atoms with van der Waals surface area (Å²) in [5.74, 6) is 0.502. The van der Waals surface area contributed by atoms with Gasteiger partial charge in [-0.05, 0) is 18.1 Å². The number of nitrogens with one attached hydrogen (secondary N) is 2. The van der Waals surface area contributed by atoms with Gasteiger partial charge >= 0.3 is 0 Å². The summed E-state index contributed by atoms with van der Waals surface area (Å²) in [6.07, 6.45) is 0.415. The van der Waals surface area contributed by atoms with Gasteiger partial charge in [0, 0.05) is 19.5 Å². The Kier molecular flexibility index (Phi) is 5.78. The van der Waals surface area contributed by atoms with E-state index < -0.39 is 0 Å². The number of nitrogen functional groups attached to an aromatic ring is 1. The topological polar surface area (TPSA) is 67.2 Å². The van der Waals surface area contributed by atoms with E-state index in [1.54, 1.807) is 6.07 Å². The van der Waals surface area contributed by atoms with Crippen LogP contribution in [0.3, 0.4) is 0 Å². The third-order valence-electron chi connectivity index (χ3n) is 2.43. The van der Waals surface area contributed by atoms with Crippen LogP contribution >= 0.6 is 11.6 Å². The lowest BCUT2D eigenvalue weighted by molar-refractivity contribution is -0.120. The predicted octanol–water partition coefficient (Wildman–Crippen LogP) is 2.50. The second-order valence-electron chi connectivity index (χ2n) is 4.58. The van der Waals surface area contributed by atoms with Gasteiger partial charge in [0.1, 0.15) is 0 Å². The van der Waals surface area contributed by atoms with Gasteiger partial charge in [-0.3, -0.25) is 4.79 Å². The molecule has 0 aliphatic heterocycles. The minimum atomic E-state index is 0.0387. The van der Waals surface area contributed by atoms with Gasteiger partial charge in [0.05, 0.1) is 16.4 Å². The van der Waals surface area contributed by atoms with Crippen molar-refractivity contribution in [2.24, 2.45) is 5.92 Å². The highest BCUT2D eigenvalue weighted by Crippen LogP contribution is 2.26. The summed E-state index contributed by atoms with van der Waals surface area (Å²) in [5.41, 5.74) is 7.08. The first-order chi connectivity index (χ1) is 8.50. The fourth-order valence-corrected chi connectivity index (χ4v) is 1.58. The van der Waals surface area contributed by atoms with Crippen molar-refractivity contribution in [1.82, 2.24) is 5.32 Å². The SMILES string of the molecule is CC(C)CNC(=O)CCNc1cccc(Cl)c1N. The van der Waals surface area contributed by atoms with E-state index in [1.807, 2.05) is 12.1 Å². The van der Waals surface area contributed by atoms with Gasteiger partial charge < -0.3 is 16.4 Å². The molecule has 0 radical (unpaired) electrons. The van der Waals surface area contributed by atoms with E-state index in [9.17, 15) is 4.79 Å². The molecule has 0 saturated heterocycles. The molecule has 1 aromatic rings. The van der Waals surface area contributed by atoms with Crippen molar-refractivity contribution in [3.8, 4) is 0 Å². The lowest BCUT2D eigenvalue weighted by Crippen LogP contribution is -2.28.